The molecule has 220 valence electrons. The van der Waals surface area contributed by atoms with Gasteiger partial charge in [0, 0.05) is 32.5 Å². The summed E-state index contributed by atoms with van der Waals surface area (Å²) in [5, 5.41) is 2.93. The van der Waals surface area contributed by atoms with Crippen molar-refractivity contribution in [3.8, 4) is 5.75 Å². The van der Waals surface area contributed by atoms with E-state index in [0.29, 0.717) is 18.7 Å². The number of hydrogen-bond acceptors (Lipinski definition) is 5. The van der Waals surface area contributed by atoms with Crippen molar-refractivity contribution in [2.75, 3.05) is 30.8 Å². The molecule has 0 heterocycles. The second kappa shape index (κ2) is 15.2. The number of halogens is 1. The van der Waals surface area contributed by atoms with Crippen LogP contribution in [0, 0.1) is 5.82 Å². The molecule has 0 aliphatic rings. The van der Waals surface area contributed by atoms with Crippen molar-refractivity contribution < 1.29 is 27.1 Å². The van der Waals surface area contributed by atoms with Crippen LogP contribution in [0.2, 0.25) is 0 Å². The molecule has 1 atom stereocenters. The van der Waals surface area contributed by atoms with Gasteiger partial charge in [-0.25, -0.2) is 12.8 Å². The smallest absolute Gasteiger partial charge is 0.243 e. The molecule has 3 aromatic rings. The van der Waals surface area contributed by atoms with Gasteiger partial charge in [-0.1, -0.05) is 61.5 Å². The number of carbonyl (C=O) groups is 2. The number of sulfonamides is 1. The SMILES string of the molecule is CCCNC(=O)C(Cc1ccccc1)N(Cc1cccc(OC)c1)C(=O)CCCN(c1ccccc1F)S(C)(=O)=O. The van der Waals surface area contributed by atoms with Crippen LogP contribution < -0.4 is 14.4 Å². The molecule has 0 saturated heterocycles. The van der Waals surface area contributed by atoms with E-state index in [1.54, 1.807) is 24.1 Å². The molecule has 0 aliphatic heterocycles. The lowest BCUT2D eigenvalue weighted by atomic mass is 10.0. The van der Waals surface area contributed by atoms with Crippen molar-refractivity contribution in [3.05, 3.63) is 95.8 Å². The van der Waals surface area contributed by atoms with Gasteiger partial charge in [-0.05, 0) is 48.2 Å². The fourth-order valence-electron chi connectivity index (χ4n) is 4.52. The van der Waals surface area contributed by atoms with E-state index >= 15 is 0 Å². The number of methoxy groups -OCH3 is 1. The van der Waals surface area contributed by atoms with Crippen molar-refractivity contribution in [2.24, 2.45) is 0 Å². The van der Waals surface area contributed by atoms with Gasteiger partial charge in [0.25, 0.3) is 0 Å². The zero-order valence-corrected chi connectivity index (χ0v) is 24.6. The highest BCUT2D eigenvalue weighted by atomic mass is 32.2. The Bertz CT molecular complexity index is 1400. The van der Waals surface area contributed by atoms with Crippen LogP contribution in [0.3, 0.4) is 0 Å². The quantitative estimate of drug-likeness (QED) is 0.283. The van der Waals surface area contributed by atoms with E-state index in [-0.39, 0.29) is 43.4 Å². The maximum atomic E-state index is 14.5. The first kappa shape index (κ1) is 31.6. The number of para-hydroxylation sites is 1. The number of hydrogen-bond donors (Lipinski definition) is 1. The van der Waals surface area contributed by atoms with E-state index in [1.807, 2.05) is 55.5 Å². The molecule has 41 heavy (non-hydrogen) atoms. The molecule has 0 spiro atoms. The van der Waals surface area contributed by atoms with Gasteiger partial charge in [0.05, 0.1) is 19.1 Å². The van der Waals surface area contributed by atoms with E-state index in [4.69, 9.17) is 4.74 Å². The molecule has 10 heteroatoms. The number of ether oxygens (including phenoxy) is 1. The first-order valence-electron chi connectivity index (χ1n) is 13.6. The fourth-order valence-corrected chi connectivity index (χ4v) is 5.49. The number of benzene rings is 3. The number of rotatable bonds is 15. The predicted molar refractivity (Wildman–Crippen MR) is 159 cm³/mol. The molecular weight excluding hydrogens is 545 g/mol. The molecule has 8 nitrogen and oxygen atoms in total. The molecule has 0 aliphatic carbocycles. The van der Waals surface area contributed by atoms with Crippen LogP contribution in [-0.4, -0.2) is 57.6 Å². The summed E-state index contributed by atoms with van der Waals surface area (Å²) >= 11 is 0. The summed E-state index contributed by atoms with van der Waals surface area (Å²) in [5.41, 5.74) is 1.61. The first-order chi connectivity index (χ1) is 19.6. The van der Waals surface area contributed by atoms with Gasteiger partial charge < -0.3 is 15.0 Å². The third kappa shape index (κ3) is 9.31. The molecule has 3 rings (SSSR count). The summed E-state index contributed by atoms with van der Waals surface area (Å²) in [6.45, 7) is 2.48. The normalized spacial score (nSPS) is 11.9. The topological polar surface area (TPSA) is 96.0 Å². The van der Waals surface area contributed by atoms with Crippen molar-refractivity contribution in [1.29, 1.82) is 0 Å². The summed E-state index contributed by atoms with van der Waals surface area (Å²) < 4.78 is 45.8. The molecule has 0 aromatic heterocycles. The summed E-state index contributed by atoms with van der Waals surface area (Å²) in [4.78, 5) is 28.8. The van der Waals surface area contributed by atoms with Gasteiger partial charge in [-0.15, -0.1) is 0 Å². The lowest BCUT2D eigenvalue weighted by molar-refractivity contribution is -0.141. The predicted octanol–water partition coefficient (Wildman–Crippen LogP) is 4.55. The van der Waals surface area contributed by atoms with Crippen LogP contribution in [0.1, 0.15) is 37.3 Å². The molecule has 2 amide bonds. The van der Waals surface area contributed by atoms with E-state index in [0.717, 1.165) is 28.1 Å². The molecule has 3 aromatic carbocycles. The number of nitrogens with one attached hydrogen (secondary N) is 1. The molecule has 0 radical (unpaired) electrons. The minimum absolute atomic E-state index is 0.0449. The first-order valence-corrected chi connectivity index (χ1v) is 15.4. The molecular formula is C31H38FN3O5S. The number of anilines is 1. The Balaban J connectivity index is 1.89. The van der Waals surface area contributed by atoms with Gasteiger partial charge in [0.15, 0.2) is 0 Å². The van der Waals surface area contributed by atoms with Crippen LogP contribution >= 0.6 is 0 Å². The van der Waals surface area contributed by atoms with Gasteiger partial charge in [-0.3, -0.25) is 13.9 Å². The van der Waals surface area contributed by atoms with E-state index < -0.39 is 21.9 Å². The highest BCUT2D eigenvalue weighted by Crippen LogP contribution is 2.23. The summed E-state index contributed by atoms with van der Waals surface area (Å²) in [5.74, 6) is -0.628. The third-order valence-corrected chi connectivity index (χ3v) is 7.76. The average molecular weight is 584 g/mol. The minimum atomic E-state index is -3.81. The van der Waals surface area contributed by atoms with Gasteiger partial charge in [-0.2, -0.15) is 0 Å². The number of amides is 2. The monoisotopic (exact) mass is 583 g/mol. The Morgan fingerprint density at radius 3 is 2.32 bits per heavy atom. The number of carbonyl (C=O) groups excluding carboxylic acids is 2. The van der Waals surface area contributed by atoms with Crippen LogP contribution in [0.4, 0.5) is 10.1 Å². The number of nitrogens with zero attached hydrogens (tertiary/aromatic N) is 2. The van der Waals surface area contributed by atoms with Gasteiger partial charge in [0.2, 0.25) is 21.8 Å². The Morgan fingerprint density at radius 2 is 1.66 bits per heavy atom. The lowest BCUT2D eigenvalue weighted by Gasteiger charge is -2.32. The van der Waals surface area contributed by atoms with Gasteiger partial charge in [0.1, 0.15) is 17.6 Å². The van der Waals surface area contributed by atoms with Crippen LogP contribution in [-0.2, 0) is 32.6 Å². The summed E-state index contributed by atoms with van der Waals surface area (Å²) in [6.07, 6.45) is 2.13. The molecule has 1 N–H and O–H groups in total. The van der Waals surface area contributed by atoms with E-state index in [1.165, 1.54) is 18.2 Å². The van der Waals surface area contributed by atoms with Crippen LogP contribution in [0.25, 0.3) is 0 Å². The van der Waals surface area contributed by atoms with E-state index in [2.05, 4.69) is 5.32 Å². The van der Waals surface area contributed by atoms with Gasteiger partial charge >= 0.3 is 0 Å². The molecule has 0 saturated carbocycles. The summed E-state index contributed by atoms with van der Waals surface area (Å²) in [7, 11) is -2.25. The standard InChI is InChI=1S/C31H38FN3O5S/c1-4-19-33-31(37)29(22-24-12-6-5-7-13-24)34(23-25-14-10-15-26(21-25)40-2)30(36)18-11-20-35(41(3,38)39)28-17-9-8-16-27(28)32/h5-10,12-17,21,29H,4,11,18-20,22-23H2,1-3H3,(H,33,37). The third-order valence-electron chi connectivity index (χ3n) is 6.58. The molecule has 1 unspecified atom stereocenters. The lowest BCUT2D eigenvalue weighted by Crippen LogP contribution is -2.50. The fraction of sp³-hybridized carbons (Fsp3) is 0.355. The zero-order chi connectivity index (χ0) is 29.8. The summed E-state index contributed by atoms with van der Waals surface area (Å²) in [6, 6.07) is 21.6. The Morgan fingerprint density at radius 1 is 0.976 bits per heavy atom. The maximum Gasteiger partial charge on any atom is 0.243 e. The minimum Gasteiger partial charge on any atom is -0.497 e. The molecule has 0 bridgehead atoms. The van der Waals surface area contributed by atoms with Crippen LogP contribution in [0.5, 0.6) is 5.75 Å². The van der Waals surface area contributed by atoms with Crippen LogP contribution in [0.15, 0.2) is 78.9 Å². The van der Waals surface area contributed by atoms with E-state index in [9.17, 15) is 22.4 Å². The largest absolute Gasteiger partial charge is 0.497 e. The second-order valence-electron chi connectivity index (χ2n) is 9.76. The second-order valence-corrected chi connectivity index (χ2v) is 11.7. The Hall–Kier alpha value is -3.92. The zero-order valence-electron chi connectivity index (χ0n) is 23.8. The highest BCUT2D eigenvalue weighted by molar-refractivity contribution is 7.92. The molecule has 0 fully saturated rings. The Labute approximate surface area is 242 Å². The maximum absolute atomic E-state index is 14.5. The Kier molecular flexibility index (Phi) is 11.7. The van der Waals surface area contributed by atoms with Crippen molar-refractivity contribution in [3.63, 3.8) is 0 Å². The van der Waals surface area contributed by atoms with Crippen molar-refractivity contribution >= 4 is 27.5 Å². The average Bonchev–Trinajstić information content (AvgIpc) is 2.96. The van der Waals surface area contributed by atoms with Crippen molar-refractivity contribution in [1.82, 2.24) is 10.2 Å². The highest BCUT2D eigenvalue weighted by Gasteiger charge is 2.30. The van der Waals surface area contributed by atoms with Crippen molar-refractivity contribution in [2.45, 2.75) is 45.2 Å².